The van der Waals surface area contributed by atoms with Crippen LogP contribution in [-0.4, -0.2) is 23.5 Å². The summed E-state index contributed by atoms with van der Waals surface area (Å²) in [5.74, 6) is -0.344. The third-order valence-corrected chi connectivity index (χ3v) is 4.64. The van der Waals surface area contributed by atoms with Crippen molar-refractivity contribution in [3.8, 4) is 0 Å². The van der Waals surface area contributed by atoms with E-state index in [0.29, 0.717) is 5.56 Å². The highest BCUT2D eigenvalue weighted by molar-refractivity contribution is 5.94. The third-order valence-electron chi connectivity index (χ3n) is 4.64. The van der Waals surface area contributed by atoms with Gasteiger partial charge in [0.25, 0.3) is 5.91 Å². The van der Waals surface area contributed by atoms with Crippen molar-refractivity contribution in [2.75, 3.05) is 0 Å². The van der Waals surface area contributed by atoms with E-state index in [1.54, 1.807) is 12.1 Å². The minimum Gasteiger partial charge on any atom is -0.462 e. The van der Waals surface area contributed by atoms with Crippen LogP contribution in [0.4, 0.5) is 0 Å². The van der Waals surface area contributed by atoms with Gasteiger partial charge in [-0.2, -0.15) is 0 Å². The molecule has 1 atom stereocenters. The number of carbonyl (C=O) groups is 2. The Hall–Kier alpha value is -1.84. The van der Waals surface area contributed by atoms with Crippen molar-refractivity contribution in [3.05, 3.63) is 35.9 Å². The summed E-state index contributed by atoms with van der Waals surface area (Å²) in [6.45, 7) is 3.98. The summed E-state index contributed by atoms with van der Waals surface area (Å²) >= 11 is 0. The van der Waals surface area contributed by atoms with Crippen LogP contribution in [-0.2, 0) is 9.53 Å². The molecule has 1 aliphatic rings. The average Bonchev–Trinajstić information content (AvgIpc) is 2.56. The first-order valence-electron chi connectivity index (χ1n) is 9.09. The van der Waals surface area contributed by atoms with E-state index in [-0.39, 0.29) is 24.4 Å². The minimum absolute atomic E-state index is 0.0574. The first-order valence-corrected chi connectivity index (χ1v) is 9.09. The van der Waals surface area contributed by atoms with Crippen LogP contribution in [0.25, 0.3) is 0 Å². The van der Waals surface area contributed by atoms with E-state index in [0.717, 1.165) is 38.5 Å². The van der Waals surface area contributed by atoms with Crippen LogP contribution >= 0.6 is 0 Å². The smallest absolute Gasteiger partial charge is 0.308 e. The monoisotopic (exact) mass is 331 g/mol. The summed E-state index contributed by atoms with van der Waals surface area (Å²) in [7, 11) is 0. The minimum atomic E-state index is -0.576. The maximum Gasteiger partial charge on any atom is 0.308 e. The molecule has 0 aromatic heterocycles. The van der Waals surface area contributed by atoms with E-state index in [1.807, 2.05) is 25.1 Å². The molecule has 1 N–H and O–H groups in total. The summed E-state index contributed by atoms with van der Waals surface area (Å²) in [5, 5.41) is 3.04. The van der Waals surface area contributed by atoms with Gasteiger partial charge in [0.15, 0.2) is 0 Å². The van der Waals surface area contributed by atoms with Crippen LogP contribution in [0.15, 0.2) is 30.3 Å². The van der Waals surface area contributed by atoms with E-state index in [1.165, 1.54) is 6.42 Å². The van der Waals surface area contributed by atoms with Gasteiger partial charge in [0.2, 0.25) is 0 Å². The van der Waals surface area contributed by atoms with Crippen LogP contribution in [0.1, 0.15) is 75.6 Å². The van der Waals surface area contributed by atoms with Crippen LogP contribution in [0, 0.1) is 0 Å². The molecule has 24 heavy (non-hydrogen) atoms. The molecule has 1 fully saturated rings. The normalized spacial score (nSPS) is 17.8. The predicted molar refractivity (Wildman–Crippen MR) is 94.8 cm³/mol. The predicted octanol–water partition coefficient (Wildman–Crippen LogP) is 4.24. The topological polar surface area (TPSA) is 55.4 Å². The molecule has 1 aromatic carbocycles. The highest BCUT2D eigenvalue weighted by atomic mass is 16.5. The van der Waals surface area contributed by atoms with Gasteiger partial charge in [-0.25, -0.2) is 0 Å². The van der Waals surface area contributed by atoms with Gasteiger partial charge in [0, 0.05) is 11.1 Å². The van der Waals surface area contributed by atoms with Crippen molar-refractivity contribution >= 4 is 11.9 Å². The maximum atomic E-state index is 12.4. The molecule has 0 aliphatic heterocycles. The molecule has 1 aliphatic carbocycles. The molecule has 1 unspecified atom stereocenters. The van der Waals surface area contributed by atoms with E-state index >= 15 is 0 Å². The fraction of sp³-hybridized carbons (Fsp3) is 0.600. The Morgan fingerprint density at radius 2 is 1.83 bits per heavy atom. The van der Waals surface area contributed by atoms with E-state index < -0.39 is 5.54 Å². The standard InChI is InChI=1S/C20H29NO3/c1-3-14-20(2,21-19(23)16-10-6-4-7-11-16)15-18(22)24-17-12-8-5-9-13-17/h4,6-7,10-11,17H,3,5,8-9,12-15H2,1-2H3,(H,21,23). The Labute approximate surface area is 145 Å². The lowest BCUT2D eigenvalue weighted by Gasteiger charge is -2.31. The van der Waals surface area contributed by atoms with Gasteiger partial charge in [-0.3, -0.25) is 9.59 Å². The summed E-state index contributed by atoms with van der Waals surface area (Å²) < 4.78 is 5.63. The van der Waals surface area contributed by atoms with Crippen LogP contribution < -0.4 is 5.32 Å². The zero-order valence-electron chi connectivity index (χ0n) is 14.8. The zero-order chi connectivity index (χ0) is 17.4. The van der Waals surface area contributed by atoms with E-state index in [2.05, 4.69) is 12.2 Å². The molecule has 0 radical (unpaired) electrons. The SMILES string of the molecule is CCCC(C)(CC(=O)OC1CCCCC1)NC(=O)c1ccccc1. The van der Waals surface area contributed by atoms with Crippen LogP contribution in [0.2, 0.25) is 0 Å². The Morgan fingerprint density at radius 1 is 1.17 bits per heavy atom. The number of amides is 1. The van der Waals surface area contributed by atoms with Crippen molar-refractivity contribution in [2.45, 2.75) is 76.9 Å². The highest BCUT2D eigenvalue weighted by Gasteiger charge is 2.31. The van der Waals surface area contributed by atoms with Gasteiger partial charge >= 0.3 is 5.97 Å². The number of benzene rings is 1. The van der Waals surface area contributed by atoms with Gasteiger partial charge in [0.1, 0.15) is 6.10 Å². The third kappa shape index (κ3) is 5.66. The van der Waals surface area contributed by atoms with Crippen molar-refractivity contribution in [1.82, 2.24) is 5.32 Å². The Morgan fingerprint density at radius 3 is 2.46 bits per heavy atom. The van der Waals surface area contributed by atoms with Crippen molar-refractivity contribution in [1.29, 1.82) is 0 Å². The summed E-state index contributed by atoms with van der Waals surface area (Å²) in [5.41, 5.74) is 0.0356. The Balaban J connectivity index is 1.95. The number of rotatable bonds is 7. The lowest BCUT2D eigenvalue weighted by molar-refractivity contribution is -0.152. The number of nitrogens with one attached hydrogen (secondary N) is 1. The summed E-state index contributed by atoms with van der Waals surface area (Å²) in [6, 6.07) is 9.11. The molecule has 4 heteroatoms. The fourth-order valence-electron chi connectivity index (χ4n) is 3.41. The molecule has 2 rings (SSSR count). The molecule has 0 saturated heterocycles. The first kappa shape index (κ1) is 18.5. The summed E-state index contributed by atoms with van der Waals surface area (Å²) in [4.78, 5) is 24.8. The summed E-state index contributed by atoms with van der Waals surface area (Å²) in [6.07, 6.45) is 7.34. The molecular formula is C20H29NO3. The van der Waals surface area contributed by atoms with Crippen LogP contribution in [0.5, 0.6) is 0 Å². The molecule has 1 aromatic rings. The van der Waals surface area contributed by atoms with Gasteiger partial charge in [-0.1, -0.05) is 38.0 Å². The number of esters is 1. The van der Waals surface area contributed by atoms with Crippen molar-refractivity contribution < 1.29 is 14.3 Å². The second-order valence-corrected chi connectivity index (χ2v) is 7.06. The number of ether oxygens (including phenoxy) is 1. The number of carbonyl (C=O) groups excluding carboxylic acids is 2. The Bertz CT molecular complexity index is 537. The van der Waals surface area contributed by atoms with E-state index in [9.17, 15) is 9.59 Å². The second kappa shape index (κ2) is 8.86. The Kier molecular flexibility index (Phi) is 6.83. The highest BCUT2D eigenvalue weighted by Crippen LogP contribution is 2.23. The van der Waals surface area contributed by atoms with Crippen molar-refractivity contribution in [3.63, 3.8) is 0 Å². The van der Waals surface area contributed by atoms with Gasteiger partial charge in [0.05, 0.1) is 6.42 Å². The van der Waals surface area contributed by atoms with Gasteiger partial charge in [-0.15, -0.1) is 0 Å². The van der Waals surface area contributed by atoms with E-state index in [4.69, 9.17) is 4.74 Å². The molecule has 1 saturated carbocycles. The zero-order valence-corrected chi connectivity index (χ0v) is 14.8. The van der Waals surface area contributed by atoms with Gasteiger partial charge < -0.3 is 10.1 Å². The first-order chi connectivity index (χ1) is 11.5. The second-order valence-electron chi connectivity index (χ2n) is 7.06. The lowest BCUT2D eigenvalue weighted by Crippen LogP contribution is -2.48. The quantitative estimate of drug-likeness (QED) is 0.760. The van der Waals surface area contributed by atoms with Crippen molar-refractivity contribution in [2.24, 2.45) is 0 Å². The van der Waals surface area contributed by atoms with Gasteiger partial charge in [-0.05, 0) is 51.2 Å². The number of hydrogen-bond acceptors (Lipinski definition) is 3. The van der Waals surface area contributed by atoms with Crippen LogP contribution in [0.3, 0.4) is 0 Å². The molecule has 0 spiro atoms. The molecular weight excluding hydrogens is 302 g/mol. The molecule has 0 bridgehead atoms. The maximum absolute atomic E-state index is 12.4. The lowest BCUT2D eigenvalue weighted by atomic mass is 9.91. The molecule has 132 valence electrons. The number of hydrogen-bond donors (Lipinski definition) is 1. The fourth-order valence-corrected chi connectivity index (χ4v) is 3.41. The molecule has 4 nitrogen and oxygen atoms in total. The average molecular weight is 331 g/mol. The molecule has 0 heterocycles. The molecule has 1 amide bonds. The largest absolute Gasteiger partial charge is 0.462 e.